The molecule has 0 atom stereocenters. The van der Waals surface area contributed by atoms with Gasteiger partial charge < -0.3 is 4.90 Å². The third-order valence-corrected chi connectivity index (χ3v) is 4.17. The molecule has 2 aromatic carbocycles. The SMILES string of the molecule is CN(Cc1ccccc1Cl)c1ccc([N+](=O)[O-])cc1CBr. The molecule has 4 nitrogen and oxygen atoms in total. The molecule has 0 aliphatic heterocycles. The van der Waals surface area contributed by atoms with Crippen LogP contribution < -0.4 is 4.90 Å². The molecular formula is C15H14BrClN2O2. The number of rotatable bonds is 5. The Bertz CT molecular complexity index is 664. The smallest absolute Gasteiger partial charge is 0.269 e. The van der Waals surface area contributed by atoms with Gasteiger partial charge in [-0.05, 0) is 23.3 Å². The first-order valence-electron chi connectivity index (χ1n) is 6.30. The molecule has 21 heavy (non-hydrogen) atoms. The molecule has 0 unspecified atom stereocenters. The van der Waals surface area contributed by atoms with Crippen molar-refractivity contribution in [1.82, 2.24) is 0 Å². The van der Waals surface area contributed by atoms with Crippen molar-refractivity contribution in [3.63, 3.8) is 0 Å². The normalized spacial score (nSPS) is 10.4. The number of hydrogen-bond donors (Lipinski definition) is 0. The van der Waals surface area contributed by atoms with Crippen molar-refractivity contribution in [3.8, 4) is 0 Å². The number of non-ortho nitro benzene ring substituents is 1. The molecule has 6 heteroatoms. The largest absolute Gasteiger partial charge is 0.370 e. The van der Waals surface area contributed by atoms with Crippen molar-refractivity contribution in [2.24, 2.45) is 0 Å². The van der Waals surface area contributed by atoms with Gasteiger partial charge in [-0.3, -0.25) is 10.1 Å². The summed E-state index contributed by atoms with van der Waals surface area (Å²) in [5, 5.41) is 12.1. The summed E-state index contributed by atoms with van der Waals surface area (Å²) in [6.45, 7) is 0.636. The van der Waals surface area contributed by atoms with Gasteiger partial charge in [0.05, 0.1) is 4.92 Å². The minimum atomic E-state index is -0.385. The zero-order valence-electron chi connectivity index (χ0n) is 11.4. The first kappa shape index (κ1) is 15.8. The predicted molar refractivity (Wildman–Crippen MR) is 89.3 cm³/mol. The van der Waals surface area contributed by atoms with Crippen molar-refractivity contribution in [1.29, 1.82) is 0 Å². The molecule has 0 aliphatic rings. The van der Waals surface area contributed by atoms with E-state index in [0.29, 0.717) is 16.9 Å². The molecule has 2 rings (SSSR count). The Hall–Kier alpha value is -1.59. The second-order valence-corrected chi connectivity index (χ2v) is 5.62. The van der Waals surface area contributed by atoms with Gasteiger partial charge in [0.2, 0.25) is 0 Å². The molecule has 0 heterocycles. The van der Waals surface area contributed by atoms with Crippen molar-refractivity contribution < 1.29 is 4.92 Å². The quantitative estimate of drug-likeness (QED) is 0.433. The standard InChI is InChI=1S/C15H14BrClN2O2/c1-18(10-11-4-2-3-5-14(11)17)15-7-6-13(19(20)21)8-12(15)9-16/h2-8H,9-10H2,1H3. The molecule has 0 aliphatic carbocycles. The molecule has 0 N–H and O–H groups in total. The fraction of sp³-hybridized carbons (Fsp3) is 0.200. The summed E-state index contributed by atoms with van der Waals surface area (Å²) in [6, 6.07) is 12.5. The molecule has 0 aromatic heterocycles. The van der Waals surface area contributed by atoms with Gasteiger partial charge in [0.15, 0.2) is 0 Å². The summed E-state index contributed by atoms with van der Waals surface area (Å²) in [5.74, 6) is 0. The number of halogens is 2. The summed E-state index contributed by atoms with van der Waals surface area (Å²) in [4.78, 5) is 12.5. The number of alkyl halides is 1. The number of hydrogen-bond acceptors (Lipinski definition) is 3. The molecule has 0 spiro atoms. The highest BCUT2D eigenvalue weighted by Crippen LogP contribution is 2.28. The van der Waals surface area contributed by atoms with E-state index >= 15 is 0 Å². The predicted octanol–water partition coefficient (Wildman–Crippen LogP) is 4.78. The maximum absolute atomic E-state index is 10.8. The molecule has 0 saturated carbocycles. The number of nitro groups is 1. The average molecular weight is 370 g/mol. The van der Waals surface area contributed by atoms with Gasteiger partial charge in [-0.1, -0.05) is 45.7 Å². The van der Waals surface area contributed by atoms with E-state index in [0.717, 1.165) is 16.8 Å². The second kappa shape index (κ2) is 6.91. The lowest BCUT2D eigenvalue weighted by Crippen LogP contribution is -2.18. The van der Waals surface area contributed by atoms with Gasteiger partial charge in [0.25, 0.3) is 5.69 Å². The average Bonchev–Trinajstić information content (AvgIpc) is 2.48. The van der Waals surface area contributed by atoms with E-state index in [-0.39, 0.29) is 10.6 Å². The molecule has 0 amide bonds. The Morgan fingerprint density at radius 1 is 1.24 bits per heavy atom. The summed E-state index contributed by atoms with van der Waals surface area (Å²) in [5.41, 5.74) is 2.93. The highest BCUT2D eigenvalue weighted by atomic mass is 79.9. The molecule has 0 fully saturated rings. The summed E-state index contributed by atoms with van der Waals surface area (Å²) in [7, 11) is 1.94. The molecular weight excluding hydrogens is 356 g/mol. The van der Waals surface area contributed by atoms with Crippen molar-refractivity contribution >= 4 is 38.9 Å². The van der Waals surface area contributed by atoms with Gasteiger partial charge >= 0.3 is 0 Å². The lowest BCUT2D eigenvalue weighted by Gasteiger charge is -2.22. The lowest BCUT2D eigenvalue weighted by atomic mass is 10.1. The molecule has 110 valence electrons. The van der Waals surface area contributed by atoms with Crippen LogP contribution in [0.4, 0.5) is 11.4 Å². The first-order valence-corrected chi connectivity index (χ1v) is 7.80. The number of anilines is 1. The molecule has 0 bridgehead atoms. The van der Waals surface area contributed by atoms with E-state index in [9.17, 15) is 10.1 Å². The highest BCUT2D eigenvalue weighted by molar-refractivity contribution is 9.08. The summed E-state index contributed by atoms with van der Waals surface area (Å²) in [6.07, 6.45) is 0. The maximum atomic E-state index is 10.8. The van der Waals surface area contributed by atoms with Gasteiger partial charge in [-0.15, -0.1) is 0 Å². The Labute approximate surface area is 136 Å². The third-order valence-electron chi connectivity index (χ3n) is 3.19. The maximum Gasteiger partial charge on any atom is 0.269 e. The third kappa shape index (κ3) is 3.74. The van der Waals surface area contributed by atoms with Crippen LogP contribution in [-0.2, 0) is 11.9 Å². The number of benzene rings is 2. The summed E-state index contributed by atoms with van der Waals surface area (Å²) >= 11 is 9.56. The second-order valence-electron chi connectivity index (χ2n) is 4.65. The monoisotopic (exact) mass is 368 g/mol. The topological polar surface area (TPSA) is 46.4 Å². The fourth-order valence-corrected chi connectivity index (χ4v) is 2.78. The molecule has 2 aromatic rings. The van der Waals surface area contributed by atoms with Crippen LogP contribution in [0, 0.1) is 10.1 Å². The number of nitro benzene ring substituents is 1. The van der Waals surface area contributed by atoms with E-state index in [2.05, 4.69) is 15.9 Å². The van der Waals surface area contributed by atoms with Crippen LogP contribution in [0.3, 0.4) is 0 Å². The van der Waals surface area contributed by atoms with Crippen LogP contribution in [0.25, 0.3) is 0 Å². The summed E-state index contributed by atoms with van der Waals surface area (Å²) < 4.78 is 0. The Balaban J connectivity index is 2.29. The van der Waals surface area contributed by atoms with E-state index in [1.165, 1.54) is 6.07 Å². The highest BCUT2D eigenvalue weighted by Gasteiger charge is 2.13. The molecule has 0 radical (unpaired) electrons. The van der Waals surface area contributed by atoms with E-state index in [1.807, 2.05) is 36.2 Å². The van der Waals surface area contributed by atoms with Crippen molar-refractivity contribution in [2.75, 3.05) is 11.9 Å². The van der Waals surface area contributed by atoms with Crippen molar-refractivity contribution in [2.45, 2.75) is 11.9 Å². The van der Waals surface area contributed by atoms with E-state index < -0.39 is 0 Å². The van der Waals surface area contributed by atoms with Gasteiger partial charge in [-0.25, -0.2) is 0 Å². The van der Waals surface area contributed by atoms with Crippen LogP contribution in [0.1, 0.15) is 11.1 Å². The van der Waals surface area contributed by atoms with Crippen LogP contribution in [0.2, 0.25) is 5.02 Å². The zero-order valence-corrected chi connectivity index (χ0v) is 13.8. The minimum absolute atomic E-state index is 0.0966. The molecule has 0 saturated heterocycles. The first-order chi connectivity index (χ1) is 10.0. The van der Waals surface area contributed by atoms with Gasteiger partial charge in [0.1, 0.15) is 0 Å². The number of nitrogens with zero attached hydrogens (tertiary/aromatic N) is 2. The fourth-order valence-electron chi connectivity index (χ4n) is 2.13. The van der Waals surface area contributed by atoms with Gasteiger partial charge in [-0.2, -0.15) is 0 Å². The lowest BCUT2D eigenvalue weighted by molar-refractivity contribution is -0.384. The minimum Gasteiger partial charge on any atom is -0.370 e. The van der Waals surface area contributed by atoms with E-state index in [4.69, 9.17) is 11.6 Å². The van der Waals surface area contributed by atoms with Crippen LogP contribution in [0.5, 0.6) is 0 Å². The Morgan fingerprint density at radius 3 is 2.57 bits per heavy atom. The van der Waals surface area contributed by atoms with Crippen molar-refractivity contribution in [3.05, 3.63) is 68.7 Å². The van der Waals surface area contributed by atoms with Gasteiger partial charge in [0, 0.05) is 41.8 Å². The van der Waals surface area contributed by atoms with Crippen LogP contribution >= 0.6 is 27.5 Å². The van der Waals surface area contributed by atoms with Crippen LogP contribution in [0.15, 0.2) is 42.5 Å². The Morgan fingerprint density at radius 2 is 1.95 bits per heavy atom. The Kier molecular flexibility index (Phi) is 5.20. The van der Waals surface area contributed by atoms with E-state index in [1.54, 1.807) is 12.1 Å². The zero-order chi connectivity index (χ0) is 15.4. The van der Waals surface area contributed by atoms with Crippen LogP contribution in [-0.4, -0.2) is 12.0 Å².